The molecule has 5 nitrogen and oxygen atoms in total. The van der Waals surface area contributed by atoms with Gasteiger partial charge in [0.15, 0.2) is 0 Å². The number of rotatable bonds is 7. The molecule has 5 rings (SSSR count). The molecule has 5 saturated carbocycles. The van der Waals surface area contributed by atoms with Gasteiger partial charge in [0, 0.05) is 13.0 Å². The van der Waals surface area contributed by atoms with Crippen molar-refractivity contribution >= 4 is 11.8 Å². The van der Waals surface area contributed by atoms with E-state index in [0.29, 0.717) is 18.9 Å². The van der Waals surface area contributed by atoms with E-state index in [0.717, 1.165) is 30.6 Å². The van der Waals surface area contributed by atoms with Crippen molar-refractivity contribution in [2.24, 2.45) is 34.8 Å². The fourth-order valence-corrected chi connectivity index (χ4v) is 6.49. The second-order valence-corrected chi connectivity index (χ2v) is 9.82. The lowest BCUT2D eigenvalue weighted by molar-refractivity contribution is -0.132. The Morgan fingerprint density at radius 2 is 1.60 bits per heavy atom. The smallest absolute Gasteiger partial charge is 0.239 e. The molecule has 0 radical (unpaired) electrons. The van der Waals surface area contributed by atoms with Crippen molar-refractivity contribution < 1.29 is 9.59 Å². The van der Waals surface area contributed by atoms with Crippen LogP contribution in [0.15, 0.2) is 0 Å². The molecular weight excluding hydrogens is 314 g/mol. The molecule has 1 atom stereocenters. The van der Waals surface area contributed by atoms with Crippen LogP contribution in [0.5, 0.6) is 0 Å². The lowest BCUT2D eigenvalue weighted by Crippen LogP contribution is -2.55. The predicted molar refractivity (Wildman–Crippen MR) is 96.6 cm³/mol. The summed E-state index contributed by atoms with van der Waals surface area (Å²) in [6.07, 6.45) is 10.7. The molecule has 4 N–H and O–H groups in total. The Morgan fingerprint density at radius 3 is 2.08 bits per heavy atom. The summed E-state index contributed by atoms with van der Waals surface area (Å²) < 4.78 is 0. The van der Waals surface area contributed by atoms with Gasteiger partial charge in [0.25, 0.3) is 0 Å². The predicted octanol–water partition coefficient (Wildman–Crippen LogP) is 1.95. The Morgan fingerprint density at radius 1 is 1.04 bits per heavy atom. The van der Waals surface area contributed by atoms with Crippen LogP contribution in [0, 0.1) is 29.1 Å². The molecule has 5 fully saturated rings. The summed E-state index contributed by atoms with van der Waals surface area (Å²) in [5.41, 5.74) is 5.76. The van der Waals surface area contributed by atoms with Gasteiger partial charge < -0.3 is 16.4 Å². The van der Waals surface area contributed by atoms with Crippen molar-refractivity contribution in [2.75, 3.05) is 13.1 Å². The molecule has 0 aliphatic heterocycles. The van der Waals surface area contributed by atoms with E-state index < -0.39 is 0 Å². The standard InChI is InChI=1S/C20H33N3O2/c1-19(12-21,16-2-3-16)23-18(25)11-22-17(24)10-20-7-13-4-14(8-20)6-15(5-13)9-20/h13-16H,2-12,21H2,1H3,(H,22,24)(H,23,25). The third-order valence-corrected chi connectivity index (χ3v) is 7.47. The van der Waals surface area contributed by atoms with E-state index in [1.54, 1.807) is 0 Å². The molecule has 1 unspecified atom stereocenters. The Bertz CT molecular complexity index is 522. The van der Waals surface area contributed by atoms with Crippen LogP contribution in [0.2, 0.25) is 0 Å². The molecule has 140 valence electrons. The van der Waals surface area contributed by atoms with Crippen molar-refractivity contribution in [3.05, 3.63) is 0 Å². The van der Waals surface area contributed by atoms with Gasteiger partial charge in [-0.25, -0.2) is 0 Å². The van der Waals surface area contributed by atoms with E-state index in [9.17, 15) is 9.59 Å². The van der Waals surface area contributed by atoms with Gasteiger partial charge in [0.05, 0.1) is 12.1 Å². The van der Waals surface area contributed by atoms with Gasteiger partial charge in [0.2, 0.25) is 11.8 Å². The van der Waals surface area contributed by atoms with E-state index in [1.807, 2.05) is 6.92 Å². The summed E-state index contributed by atoms with van der Waals surface area (Å²) in [5, 5.41) is 5.91. The minimum absolute atomic E-state index is 0.0537. The first-order chi connectivity index (χ1) is 11.9. The SMILES string of the molecule is CC(CN)(NC(=O)CNC(=O)CC12CC3CC(CC(C3)C1)C2)C1CC1. The topological polar surface area (TPSA) is 84.2 Å². The number of hydrogen-bond acceptors (Lipinski definition) is 3. The van der Waals surface area contributed by atoms with Crippen molar-refractivity contribution in [1.82, 2.24) is 10.6 Å². The molecule has 25 heavy (non-hydrogen) atoms. The Kier molecular flexibility index (Phi) is 4.33. The van der Waals surface area contributed by atoms with E-state index in [4.69, 9.17) is 5.73 Å². The van der Waals surface area contributed by atoms with Gasteiger partial charge in [-0.2, -0.15) is 0 Å². The molecule has 0 aromatic carbocycles. The van der Waals surface area contributed by atoms with E-state index in [-0.39, 0.29) is 29.3 Å². The fourth-order valence-electron chi connectivity index (χ4n) is 6.49. The van der Waals surface area contributed by atoms with Crippen LogP contribution in [0.4, 0.5) is 0 Å². The summed E-state index contributed by atoms with van der Waals surface area (Å²) in [6, 6.07) is 0. The first kappa shape index (κ1) is 17.3. The van der Waals surface area contributed by atoms with Crippen LogP contribution in [-0.2, 0) is 9.59 Å². The van der Waals surface area contributed by atoms with Gasteiger partial charge in [0.1, 0.15) is 0 Å². The minimum atomic E-state index is -0.318. The molecule has 0 saturated heterocycles. The lowest BCUT2D eigenvalue weighted by Gasteiger charge is -2.56. The van der Waals surface area contributed by atoms with Crippen LogP contribution in [-0.4, -0.2) is 30.4 Å². The Labute approximate surface area is 150 Å². The van der Waals surface area contributed by atoms with Crippen LogP contribution in [0.1, 0.15) is 64.7 Å². The molecule has 5 aliphatic carbocycles. The van der Waals surface area contributed by atoms with E-state index in [1.165, 1.54) is 38.5 Å². The quantitative estimate of drug-likeness (QED) is 0.658. The monoisotopic (exact) mass is 347 g/mol. The number of carbonyl (C=O) groups is 2. The van der Waals surface area contributed by atoms with Crippen molar-refractivity contribution in [3.8, 4) is 0 Å². The van der Waals surface area contributed by atoms with Gasteiger partial charge in [-0.05, 0) is 87.4 Å². The van der Waals surface area contributed by atoms with Crippen molar-refractivity contribution in [2.45, 2.75) is 70.3 Å². The second kappa shape index (κ2) is 6.26. The highest BCUT2D eigenvalue weighted by Crippen LogP contribution is 2.61. The molecule has 0 aromatic heterocycles. The van der Waals surface area contributed by atoms with Gasteiger partial charge in [-0.3, -0.25) is 9.59 Å². The maximum atomic E-state index is 12.5. The summed E-state index contributed by atoms with van der Waals surface area (Å²) in [6.45, 7) is 2.54. The first-order valence-corrected chi connectivity index (χ1v) is 10.2. The molecule has 2 amide bonds. The van der Waals surface area contributed by atoms with Gasteiger partial charge in [-0.1, -0.05) is 0 Å². The summed E-state index contributed by atoms with van der Waals surface area (Å²) in [7, 11) is 0. The zero-order chi connectivity index (χ0) is 17.7. The Hall–Kier alpha value is -1.10. The van der Waals surface area contributed by atoms with Crippen LogP contribution in [0.25, 0.3) is 0 Å². The van der Waals surface area contributed by atoms with Crippen molar-refractivity contribution in [3.63, 3.8) is 0 Å². The molecule has 0 aromatic rings. The number of hydrogen-bond donors (Lipinski definition) is 3. The van der Waals surface area contributed by atoms with E-state index in [2.05, 4.69) is 10.6 Å². The zero-order valence-corrected chi connectivity index (χ0v) is 15.5. The van der Waals surface area contributed by atoms with Crippen molar-refractivity contribution in [1.29, 1.82) is 0 Å². The van der Waals surface area contributed by atoms with Crippen LogP contribution in [0.3, 0.4) is 0 Å². The number of nitrogens with two attached hydrogens (primary N) is 1. The highest BCUT2D eigenvalue weighted by molar-refractivity contribution is 5.85. The highest BCUT2D eigenvalue weighted by Gasteiger charge is 2.51. The largest absolute Gasteiger partial charge is 0.348 e. The van der Waals surface area contributed by atoms with E-state index >= 15 is 0 Å². The summed E-state index contributed by atoms with van der Waals surface area (Å²) in [5.74, 6) is 2.99. The molecular formula is C20H33N3O2. The molecule has 5 heteroatoms. The first-order valence-electron chi connectivity index (χ1n) is 10.2. The normalized spacial score (nSPS) is 38.2. The number of carbonyl (C=O) groups excluding carboxylic acids is 2. The average Bonchev–Trinajstić information content (AvgIpc) is 3.36. The third-order valence-electron chi connectivity index (χ3n) is 7.47. The lowest BCUT2D eigenvalue weighted by atomic mass is 9.49. The zero-order valence-electron chi connectivity index (χ0n) is 15.5. The van der Waals surface area contributed by atoms with Crippen LogP contribution < -0.4 is 16.4 Å². The van der Waals surface area contributed by atoms with Crippen LogP contribution >= 0.6 is 0 Å². The van der Waals surface area contributed by atoms with Gasteiger partial charge >= 0.3 is 0 Å². The van der Waals surface area contributed by atoms with Gasteiger partial charge in [-0.15, -0.1) is 0 Å². The Balaban J connectivity index is 1.26. The highest BCUT2D eigenvalue weighted by atomic mass is 16.2. The molecule has 5 aliphatic rings. The maximum absolute atomic E-state index is 12.5. The second-order valence-electron chi connectivity index (χ2n) is 9.82. The number of nitrogens with one attached hydrogen (secondary N) is 2. The third kappa shape index (κ3) is 3.57. The fraction of sp³-hybridized carbons (Fsp3) is 0.900. The minimum Gasteiger partial charge on any atom is -0.348 e. The summed E-state index contributed by atoms with van der Waals surface area (Å²) >= 11 is 0. The summed E-state index contributed by atoms with van der Waals surface area (Å²) in [4.78, 5) is 24.7. The molecule has 0 spiro atoms. The maximum Gasteiger partial charge on any atom is 0.239 e. The molecule has 0 heterocycles. The average molecular weight is 348 g/mol. The number of amides is 2. The molecule has 4 bridgehead atoms.